The van der Waals surface area contributed by atoms with Gasteiger partial charge in [0, 0.05) is 34.8 Å². The van der Waals surface area contributed by atoms with Crippen LogP contribution in [0, 0.1) is 12.3 Å². The molecule has 1 heterocycles. The van der Waals surface area contributed by atoms with E-state index in [9.17, 15) is 18.0 Å². The SMILES string of the molecule is C#Cc1cccc(C(Cc2ccc(Cl)cc2)[C@H](C)NC(=O)C(C)(C)Oc2ccc(C(F)(F)F)cn2)c1. The summed E-state index contributed by atoms with van der Waals surface area (Å²) in [6, 6.07) is 16.7. The smallest absolute Gasteiger partial charge is 0.417 e. The lowest BCUT2D eigenvalue weighted by molar-refractivity contribution is -0.138. The van der Waals surface area contributed by atoms with Crippen molar-refractivity contribution in [3.05, 3.63) is 94.1 Å². The zero-order valence-electron chi connectivity index (χ0n) is 20.1. The van der Waals surface area contributed by atoms with E-state index in [1.165, 1.54) is 13.8 Å². The summed E-state index contributed by atoms with van der Waals surface area (Å²) in [5, 5.41) is 3.62. The topological polar surface area (TPSA) is 51.2 Å². The Morgan fingerprint density at radius 3 is 2.42 bits per heavy atom. The van der Waals surface area contributed by atoms with E-state index in [1.807, 2.05) is 55.5 Å². The number of aromatic nitrogens is 1. The third kappa shape index (κ3) is 7.02. The minimum atomic E-state index is -4.51. The van der Waals surface area contributed by atoms with Crippen LogP contribution in [0.3, 0.4) is 0 Å². The highest BCUT2D eigenvalue weighted by atomic mass is 35.5. The molecule has 0 fully saturated rings. The van der Waals surface area contributed by atoms with Crippen LogP contribution in [-0.2, 0) is 17.4 Å². The molecule has 2 atom stereocenters. The number of nitrogens with zero attached hydrogens (tertiary/aromatic N) is 1. The minimum Gasteiger partial charge on any atom is -0.462 e. The molecule has 3 rings (SSSR count). The molecular formula is C28H26ClF3N2O2. The number of amides is 1. The van der Waals surface area contributed by atoms with Crippen LogP contribution >= 0.6 is 11.6 Å². The fraction of sp³-hybridized carbons (Fsp3) is 0.286. The fourth-order valence-electron chi connectivity index (χ4n) is 3.71. The number of carbonyl (C=O) groups excluding carboxylic acids is 1. The number of rotatable bonds is 8. The van der Waals surface area contributed by atoms with Crippen LogP contribution in [0.5, 0.6) is 5.88 Å². The highest BCUT2D eigenvalue weighted by Crippen LogP contribution is 2.30. The number of alkyl halides is 3. The summed E-state index contributed by atoms with van der Waals surface area (Å²) >= 11 is 6.03. The number of carbonyl (C=O) groups is 1. The Bertz CT molecular complexity index is 1230. The van der Waals surface area contributed by atoms with Crippen LogP contribution in [0.1, 0.15) is 48.9 Å². The van der Waals surface area contributed by atoms with Gasteiger partial charge < -0.3 is 10.1 Å². The van der Waals surface area contributed by atoms with E-state index < -0.39 is 23.2 Å². The Morgan fingerprint density at radius 2 is 1.83 bits per heavy atom. The van der Waals surface area contributed by atoms with E-state index in [0.29, 0.717) is 17.6 Å². The Labute approximate surface area is 213 Å². The zero-order valence-corrected chi connectivity index (χ0v) is 20.8. The Balaban J connectivity index is 1.79. The maximum absolute atomic E-state index is 13.2. The Kier molecular flexibility index (Phi) is 8.31. The number of terminal acetylenes is 1. The van der Waals surface area contributed by atoms with Crippen molar-refractivity contribution in [2.24, 2.45) is 0 Å². The molecule has 0 aliphatic heterocycles. The molecule has 0 aliphatic rings. The number of ether oxygens (including phenoxy) is 1. The molecule has 1 N–H and O–H groups in total. The van der Waals surface area contributed by atoms with Crippen molar-refractivity contribution in [2.75, 3.05) is 0 Å². The van der Waals surface area contributed by atoms with Gasteiger partial charge in [-0.15, -0.1) is 6.42 Å². The molecule has 0 radical (unpaired) electrons. The van der Waals surface area contributed by atoms with Crippen LogP contribution in [0.25, 0.3) is 0 Å². The predicted molar refractivity (Wildman–Crippen MR) is 134 cm³/mol. The molecule has 1 unspecified atom stereocenters. The van der Waals surface area contributed by atoms with Gasteiger partial charge in [0.2, 0.25) is 5.88 Å². The average Bonchev–Trinajstić information content (AvgIpc) is 2.83. The van der Waals surface area contributed by atoms with Crippen LogP contribution in [-0.4, -0.2) is 22.5 Å². The molecule has 0 aliphatic carbocycles. The van der Waals surface area contributed by atoms with Gasteiger partial charge in [-0.2, -0.15) is 13.2 Å². The van der Waals surface area contributed by atoms with Gasteiger partial charge in [0.15, 0.2) is 5.60 Å². The standard InChI is InChI=1S/C28H26ClF3N2O2/c1-5-19-7-6-8-21(15-19)24(16-20-9-12-23(29)13-10-20)18(2)34-26(35)27(3,4)36-25-14-11-22(17-33-25)28(30,31)32/h1,6-15,17-18,24H,16H2,2-4H3,(H,34,35)/t18-,24?/m0/s1. The number of benzene rings is 2. The molecule has 1 aromatic heterocycles. The number of hydrogen-bond donors (Lipinski definition) is 1. The summed E-state index contributed by atoms with van der Waals surface area (Å²) in [4.78, 5) is 16.9. The Morgan fingerprint density at radius 1 is 1.14 bits per heavy atom. The van der Waals surface area contributed by atoms with Gasteiger partial charge in [0.05, 0.1) is 5.56 Å². The summed E-state index contributed by atoms with van der Waals surface area (Å²) in [6.45, 7) is 4.94. The van der Waals surface area contributed by atoms with Crippen molar-refractivity contribution in [3.8, 4) is 18.2 Å². The van der Waals surface area contributed by atoms with Gasteiger partial charge in [-0.3, -0.25) is 4.79 Å². The highest BCUT2D eigenvalue weighted by molar-refractivity contribution is 6.30. The van der Waals surface area contributed by atoms with E-state index in [4.69, 9.17) is 22.8 Å². The molecule has 0 bridgehead atoms. The monoisotopic (exact) mass is 514 g/mol. The first-order chi connectivity index (χ1) is 16.9. The van der Waals surface area contributed by atoms with Crippen molar-refractivity contribution in [1.29, 1.82) is 0 Å². The average molecular weight is 515 g/mol. The second-order valence-electron chi connectivity index (χ2n) is 8.96. The van der Waals surface area contributed by atoms with Crippen LogP contribution in [0.4, 0.5) is 13.2 Å². The van der Waals surface area contributed by atoms with Crippen molar-refractivity contribution >= 4 is 17.5 Å². The molecule has 0 saturated carbocycles. The Hall–Kier alpha value is -3.50. The second-order valence-corrected chi connectivity index (χ2v) is 9.40. The molecule has 4 nitrogen and oxygen atoms in total. The largest absolute Gasteiger partial charge is 0.462 e. The molecular weight excluding hydrogens is 489 g/mol. The van der Waals surface area contributed by atoms with E-state index in [2.05, 4.69) is 16.2 Å². The summed E-state index contributed by atoms with van der Waals surface area (Å²) in [5.74, 6) is 1.97. The van der Waals surface area contributed by atoms with E-state index in [1.54, 1.807) is 0 Å². The first-order valence-electron chi connectivity index (χ1n) is 11.2. The number of halogens is 4. The first kappa shape index (κ1) is 27.1. The number of nitrogens with one attached hydrogen (secondary N) is 1. The van der Waals surface area contributed by atoms with Gasteiger partial charge in [-0.05, 0) is 68.7 Å². The van der Waals surface area contributed by atoms with Crippen molar-refractivity contribution in [2.45, 2.75) is 50.9 Å². The molecule has 36 heavy (non-hydrogen) atoms. The molecule has 188 valence electrons. The van der Waals surface area contributed by atoms with Crippen molar-refractivity contribution in [1.82, 2.24) is 10.3 Å². The third-order valence-electron chi connectivity index (χ3n) is 5.78. The molecule has 0 spiro atoms. The third-order valence-corrected chi connectivity index (χ3v) is 6.03. The fourth-order valence-corrected chi connectivity index (χ4v) is 3.84. The quantitative estimate of drug-likeness (QED) is 0.353. The molecule has 1 amide bonds. The van der Waals surface area contributed by atoms with Gasteiger partial charge in [-0.25, -0.2) is 4.98 Å². The lowest BCUT2D eigenvalue weighted by Gasteiger charge is -2.30. The lowest BCUT2D eigenvalue weighted by atomic mass is 9.85. The van der Waals surface area contributed by atoms with E-state index in [0.717, 1.165) is 28.8 Å². The highest BCUT2D eigenvalue weighted by Gasteiger charge is 2.34. The van der Waals surface area contributed by atoms with Gasteiger partial charge >= 0.3 is 6.18 Å². The van der Waals surface area contributed by atoms with Crippen LogP contribution in [0.15, 0.2) is 66.9 Å². The molecule has 0 saturated heterocycles. The maximum Gasteiger partial charge on any atom is 0.417 e. The normalized spacial score (nSPS) is 13.4. The van der Waals surface area contributed by atoms with Gasteiger partial charge in [0.25, 0.3) is 5.91 Å². The lowest BCUT2D eigenvalue weighted by Crippen LogP contribution is -2.51. The van der Waals surface area contributed by atoms with Crippen LogP contribution < -0.4 is 10.1 Å². The van der Waals surface area contributed by atoms with Gasteiger partial charge in [0.1, 0.15) is 0 Å². The van der Waals surface area contributed by atoms with E-state index >= 15 is 0 Å². The number of hydrogen-bond acceptors (Lipinski definition) is 3. The summed E-state index contributed by atoms with van der Waals surface area (Å²) < 4.78 is 44.1. The molecule has 2 aromatic carbocycles. The minimum absolute atomic E-state index is 0.0877. The summed E-state index contributed by atoms with van der Waals surface area (Å²) in [6.07, 6.45) is 2.36. The zero-order chi connectivity index (χ0) is 26.5. The molecule has 3 aromatic rings. The predicted octanol–water partition coefficient (Wildman–Crippen LogP) is 6.42. The van der Waals surface area contributed by atoms with Crippen LogP contribution in [0.2, 0.25) is 5.02 Å². The second kappa shape index (κ2) is 11.0. The van der Waals surface area contributed by atoms with Crippen molar-refractivity contribution in [3.63, 3.8) is 0 Å². The number of pyridine rings is 1. The van der Waals surface area contributed by atoms with Crippen molar-refractivity contribution < 1.29 is 22.7 Å². The molecule has 8 heteroatoms. The van der Waals surface area contributed by atoms with Gasteiger partial charge in [-0.1, -0.05) is 41.8 Å². The first-order valence-corrected chi connectivity index (χ1v) is 11.6. The van der Waals surface area contributed by atoms with E-state index in [-0.39, 0.29) is 17.8 Å². The summed E-state index contributed by atoms with van der Waals surface area (Å²) in [7, 11) is 0. The maximum atomic E-state index is 13.2. The summed E-state index contributed by atoms with van der Waals surface area (Å²) in [5.41, 5.74) is 0.415.